The van der Waals surface area contributed by atoms with Crippen molar-refractivity contribution in [2.24, 2.45) is 0 Å². The van der Waals surface area contributed by atoms with Gasteiger partial charge in [-0.2, -0.15) is 0 Å². The van der Waals surface area contributed by atoms with E-state index in [1.54, 1.807) is 30.0 Å². The smallest absolute Gasteiger partial charge is 0.263 e. The van der Waals surface area contributed by atoms with E-state index in [0.29, 0.717) is 21.8 Å². The van der Waals surface area contributed by atoms with Crippen LogP contribution in [0.2, 0.25) is 5.02 Å². The first-order chi connectivity index (χ1) is 10.0. The van der Waals surface area contributed by atoms with Gasteiger partial charge in [-0.3, -0.25) is 4.79 Å². The molecule has 21 heavy (non-hydrogen) atoms. The summed E-state index contributed by atoms with van der Waals surface area (Å²) in [6, 6.07) is 5.09. The number of likely N-dealkylation sites (tertiary alicyclic amines) is 1. The molecule has 116 valence electrons. The zero-order valence-corrected chi connectivity index (χ0v) is 14.2. The van der Waals surface area contributed by atoms with Crippen molar-refractivity contribution in [2.45, 2.75) is 38.3 Å². The fourth-order valence-corrected chi connectivity index (χ4v) is 3.30. The number of carbonyl (C=O) groups is 1. The molecule has 1 aromatic carbocycles. The number of amides is 1. The standard InChI is InChI=1S/C15H19BrClNO3/c1-10(21-14-6-5-11(17)8-13(14)16)15(20)18-7-3-2-4-12(18)9-19/h5-6,8,10,12,19H,2-4,7,9H2,1H3. The van der Waals surface area contributed by atoms with Crippen LogP contribution in [0, 0.1) is 0 Å². The Balaban J connectivity index is 2.04. The first-order valence-electron chi connectivity index (χ1n) is 7.06. The third-order valence-electron chi connectivity index (χ3n) is 3.67. The normalized spacial score (nSPS) is 20.2. The molecule has 0 bridgehead atoms. The fourth-order valence-electron chi connectivity index (χ4n) is 2.53. The van der Waals surface area contributed by atoms with Crippen molar-refractivity contribution in [3.63, 3.8) is 0 Å². The molecule has 1 heterocycles. The van der Waals surface area contributed by atoms with Crippen molar-refractivity contribution < 1.29 is 14.6 Å². The summed E-state index contributed by atoms with van der Waals surface area (Å²) in [5.74, 6) is 0.494. The molecule has 1 aliphatic rings. The molecule has 2 unspecified atom stereocenters. The van der Waals surface area contributed by atoms with Crippen LogP contribution in [-0.2, 0) is 4.79 Å². The number of aliphatic hydroxyl groups excluding tert-OH is 1. The van der Waals surface area contributed by atoms with Gasteiger partial charge in [-0.05, 0) is 60.3 Å². The molecule has 2 rings (SSSR count). The Hall–Kier alpha value is -0.780. The minimum atomic E-state index is -0.602. The van der Waals surface area contributed by atoms with Gasteiger partial charge in [0.15, 0.2) is 6.10 Å². The highest BCUT2D eigenvalue weighted by atomic mass is 79.9. The SMILES string of the molecule is CC(Oc1ccc(Cl)cc1Br)C(=O)N1CCCCC1CO. The average Bonchev–Trinajstić information content (AvgIpc) is 2.49. The summed E-state index contributed by atoms with van der Waals surface area (Å²) in [6.45, 7) is 2.41. The molecular formula is C15H19BrClNO3. The zero-order valence-electron chi connectivity index (χ0n) is 11.9. The Kier molecular flexibility index (Phi) is 5.90. The number of rotatable bonds is 4. The maximum absolute atomic E-state index is 12.5. The molecule has 0 aromatic heterocycles. The van der Waals surface area contributed by atoms with E-state index in [2.05, 4.69) is 15.9 Å². The van der Waals surface area contributed by atoms with Gasteiger partial charge in [-0.1, -0.05) is 11.6 Å². The minimum Gasteiger partial charge on any atom is -0.480 e. The summed E-state index contributed by atoms with van der Waals surface area (Å²) in [4.78, 5) is 14.2. The monoisotopic (exact) mass is 375 g/mol. The van der Waals surface area contributed by atoms with Crippen molar-refractivity contribution in [2.75, 3.05) is 13.2 Å². The van der Waals surface area contributed by atoms with E-state index in [-0.39, 0.29) is 18.6 Å². The van der Waals surface area contributed by atoms with Crippen molar-refractivity contribution in [3.8, 4) is 5.75 Å². The summed E-state index contributed by atoms with van der Waals surface area (Å²) in [5.41, 5.74) is 0. The molecule has 1 aromatic rings. The Morgan fingerprint density at radius 2 is 2.33 bits per heavy atom. The van der Waals surface area contributed by atoms with Crippen molar-refractivity contribution >= 4 is 33.4 Å². The molecule has 2 atom stereocenters. The quantitative estimate of drug-likeness (QED) is 0.877. The molecule has 1 aliphatic heterocycles. The number of ether oxygens (including phenoxy) is 1. The number of nitrogens with zero attached hydrogens (tertiary/aromatic N) is 1. The van der Waals surface area contributed by atoms with E-state index >= 15 is 0 Å². The lowest BCUT2D eigenvalue weighted by Crippen LogP contribution is -2.50. The lowest BCUT2D eigenvalue weighted by Gasteiger charge is -2.36. The van der Waals surface area contributed by atoms with Crippen LogP contribution < -0.4 is 4.74 Å². The van der Waals surface area contributed by atoms with Gasteiger partial charge in [0.25, 0.3) is 5.91 Å². The van der Waals surface area contributed by atoms with Crippen LogP contribution in [0.3, 0.4) is 0 Å². The van der Waals surface area contributed by atoms with Gasteiger partial charge in [0.05, 0.1) is 17.1 Å². The molecular weight excluding hydrogens is 358 g/mol. The van der Waals surface area contributed by atoms with Gasteiger partial charge in [-0.15, -0.1) is 0 Å². The summed E-state index contributed by atoms with van der Waals surface area (Å²) >= 11 is 9.26. The number of hydrogen-bond acceptors (Lipinski definition) is 3. The second-order valence-corrected chi connectivity index (χ2v) is 6.49. The first-order valence-corrected chi connectivity index (χ1v) is 8.23. The second kappa shape index (κ2) is 7.47. The van der Waals surface area contributed by atoms with Crippen molar-refractivity contribution in [1.29, 1.82) is 0 Å². The Morgan fingerprint density at radius 1 is 1.57 bits per heavy atom. The maximum Gasteiger partial charge on any atom is 0.263 e. The molecule has 1 fully saturated rings. The van der Waals surface area contributed by atoms with Gasteiger partial charge in [-0.25, -0.2) is 0 Å². The lowest BCUT2D eigenvalue weighted by molar-refractivity contribution is -0.142. The van der Waals surface area contributed by atoms with Crippen LogP contribution in [0.25, 0.3) is 0 Å². The van der Waals surface area contributed by atoms with Gasteiger partial charge in [0.2, 0.25) is 0 Å². The third kappa shape index (κ3) is 4.11. The van der Waals surface area contributed by atoms with Crippen molar-refractivity contribution in [3.05, 3.63) is 27.7 Å². The number of benzene rings is 1. The van der Waals surface area contributed by atoms with E-state index in [1.165, 1.54) is 0 Å². The van der Waals surface area contributed by atoms with Crippen LogP contribution in [0.4, 0.5) is 0 Å². The molecule has 0 saturated carbocycles. The molecule has 4 nitrogen and oxygen atoms in total. The summed E-state index contributed by atoms with van der Waals surface area (Å²) in [7, 11) is 0. The number of aliphatic hydroxyl groups is 1. The minimum absolute atomic E-state index is 0.00307. The molecule has 0 aliphatic carbocycles. The van der Waals surface area contributed by atoms with Gasteiger partial charge < -0.3 is 14.7 Å². The third-order valence-corrected chi connectivity index (χ3v) is 4.52. The van der Waals surface area contributed by atoms with Crippen LogP contribution in [0.15, 0.2) is 22.7 Å². The highest BCUT2D eigenvalue weighted by molar-refractivity contribution is 9.10. The maximum atomic E-state index is 12.5. The highest BCUT2D eigenvalue weighted by Gasteiger charge is 2.30. The number of carbonyl (C=O) groups excluding carboxylic acids is 1. The average molecular weight is 377 g/mol. The number of hydrogen-bond donors (Lipinski definition) is 1. The number of piperidine rings is 1. The summed E-state index contributed by atoms with van der Waals surface area (Å²) in [5, 5.41) is 10.0. The van der Waals surface area contributed by atoms with E-state index in [0.717, 1.165) is 19.3 Å². The van der Waals surface area contributed by atoms with Gasteiger partial charge in [0, 0.05) is 11.6 Å². The zero-order chi connectivity index (χ0) is 15.4. The second-order valence-electron chi connectivity index (χ2n) is 5.20. The van der Waals surface area contributed by atoms with Crippen LogP contribution in [-0.4, -0.2) is 41.2 Å². The van der Waals surface area contributed by atoms with E-state index < -0.39 is 6.10 Å². The predicted octanol–water partition coefficient (Wildman–Crippen LogP) is 3.24. The summed E-state index contributed by atoms with van der Waals surface area (Å²) in [6.07, 6.45) is 2.27. The van der Waals surface area contributed by atoms with E-state index in [1.807, 2.05) is 0 Å². The van der Waals surface area contributed by atoms with E-state index in [9.17, 15) is 9.90 Å². The molecule has 0 radical (unpaired) electrons. The topological polar surface area (TPSA) is 49.8 Å². The lowest BCUT2D eigenvalue weighted by atomic mass is 10.0. The molecule has 6 heteroatoms. The van der Waals surface area contributed by atoms with E-state index in [4.69, 9.17) is 16.3 Å². The Morgan fingerprint density at radius 3 is 3.00 bits per heavy atom. The molecule has 1 amide bonds. The van der Waals surface area contributed by atoms with Crippen LogP contribution in [0.5, 0.6) is 5.75 Å². The first kappa shape index (κ1) is 16.6. The Labute approximate surface area is 138 Å². The predicted molar refractivity (Wildman–Crippen MR) is 85.7 cm³/mol. The highest BCUT2D eigenvalue weighted by Crippen LogP contribution is 2.29. The van der Waals surface area contributed by atoms with Gasteiger partial charge in [0.1, 0.15) is 5.75 Å². The largest absolute Gasteiger partial charge is 0.480 e. The van der Waals surface area contributed by atoms with Crippen molar-refractivity contribution in [1.82, 2.24) is 4.90 Å². The van der Waals surface area contributed by atoms with Gasteiger partial charge >= 0.3 is 0 Å². The Bertz CT molecular complexity index is 512. The molecule has 0 spiro atoms. The number of halogens is 2. The van der Waals surface area contributed by atoms with Crippen LogP contribution >= 0.6 is 27.5 Å². The summed E-state index contributed by atoms with van der Waals surface area (Å²) < 4.78 is 6.44. The molecule has 1 N–H and O–H groups in total. The fraction of sp³-hybridized carbons (Fsp3) is 0.533. The van der Waals surface area contributed by atoms with Crippen LogP contribution in [0.1, 0.15) is 26.2 Å². The molecule has 1 saturated heterocycles.